The fraction of sp³-hybridized carbons (Fsp3) is 0.143. The fourth-order valence-electron chi connectivity index (χ4n) is 1.69. The first-order valence-corrected chi connectivity index (χ1v) is 6.08. The minimum absolute atomic E-state index is 0.595. The molecule has 2 rings (SSSR count). The molecule has 0 saturated carbocycles. The molecule has 0 bridgehead atoms. The first-order valence-electron chi connectivity index (χ1n) is 5.32. The molecule has 0 saturated heterocycles. The standard InChI is InChI=1S/C14H12Cl2O2/c1-17-11-5-9(6-12(8-11)18-2)13-4-3-10(15)7-14(13)16/h3-8H,1-2H3. The lowest BCUT2D eigenvalue weighted by Gasteiger charge is -2.10. The van der Waals surface area contributed by atoms with Gasteiger partial charge in [0.05, 0.1) is 14.2 Å². The summed E-state index contributed by atoms with van der Waals surface area (Å²) in [6, 6.07) is 11.0. The van der Waals surface area contributed by atoms with Gasteiger partial charge in [-0.15, -0.1) is 0 Å². The lowest BCUT2D eigenvalue weighted by molar-refractivity contribution is 0.394. The third-order valence-corrected chi connectivity index (χ3v) is 3.14. The van der Waals surface area contributed by atoms with Gasteiger partial charge >= 0.3 is 0 Å². The van der Waals surface area contributed by atoms with Gasteiger partial charge in [0.25, 0.3) is 0 Å². The Kier molecular flexibility index (Phi) is 4.00. The van der Waals surface area contributed by atoms with Crippen LogP contribution in [-0.2, 0) is 0 Å². The van der Waals surface area contributed by atoms with E-state index in [1.54, 1.807) is 26.4 Å². The van der Waals surface area contributed by atoms with Gasteiger partial charge in [0, 0.05) is 21.7 Å². The van der Waals surface area contributed by atoms with Crippen LogP contribution in [0.15, 0.2) is 36.4 Å². The number of hydrogen-bond acceptors (Lipinski definition) is 2. The highest BCUT2D eigenvalue weighted by Crippen LogP contribution is 2.34. The molecule has 18 heavy (non-hydrogen) atoms. The van der Waals surface area contributed by atoms with Gasteiger partial charge in [-0.05, 0) is 29.8 Å². The second kappa shape index (κ2) is 5.51. The van der Waals surface area contributed by atoms with Crippen LogP contribution in [0.3, 0.4) is 0 Å². The minimum atomic E-state index is 0.595. The highest BCUT2D eigenvalue weighted by Gasteiger charge is 2.08. The van der Waals surface area contributed by atoms with Gasteiger partial charge < -0.3 is 9.47 Å². The Morgan fingerprint density at radius 2 is 1.44 bits per heavy atom. The van der Waals surface area contributed by atoms with E-state index in [-0.39, 0.29) is 0 Å². The number of halogens is 2. The molecule has 2 nitrogen and oxygen atoms in total. The zero-order valence-electron chi connectivity index (χ0n) is 10.0. The van der Waals surface area contributed by atoms with E-state index in [1.807, 2.05) is 24.3 Å². The minimum Gasteiger partial charge on any atom is -0.497 e. The molecule has 0 aromatic heterocycles. The second-order valence-electron chi connectivity index (χ2n) is 3.73. The van der Waals surface area contributed by atoms with Crippen molar-refractivity contribution in [3.63, 3.8) is 0 Å². The maximum absolute atomic E-state index is 6.19. The van der Waals surface area contributed by atoms with Crippen LogP contribution < -0.4 is 9.47 Å². The first-order chi connectivity index (χ1) is 8.63. The molecular formula is C14H12Cl2O2. The number of benzene rings is 2. The summed E-state index contributed by atoms with van der Waals surface area (Å²) in [5.74, 6) is 1.44. The van der Waals surface area contributed by atoms with E-state index in [0.717, 1.165) is 22.6 Å². The van der Waals surface area contributed by atoms with Crippen molar-refractivity contribution in [1.82, 2.24) is 0 Å². The summed E-state index contributed by atoms with van der Waals surface area (Å²) in [6.45, 7) is 0. The van der Waals surface area contributed by atoms with Gasteiger partial charge in [-0.3, -0.25) is 0 Å². The summed E-state index contributed by atoms with van der Waals surface area (Å²) in [6.07, 6.45) is 0. The van der Waals surface area contributed by atoms with Crippen molar-refractivity contribution in [3.8, 4) is 22.6 Å². The Morgan fingerprint density at radius 1 is 0.833 bits per heavy atom. The number of methoxy groups -OCH3 is 2. The van der Waals surface area contributed by atoms with E-state index in [1.165, 1.54) is 0 Å². The van der Waals surface area contributed by atoms with Gasteiger partial charge in [-0.2, -0.15) is 0 Å². The molecule has 0 atom stereocenters. The Bertz CT molecular complexity index is 545. The van der Waals surface area contributed by atoms with E-state index in [0.29, 0.717) is 10.0 Å². The van der Waals surface area contributed by atoms with E-state index in [9.17, 15) is 0 Å². The molecule has 4 heteroatoms. The topological polar surface area (TPSA) is 18.5 Å². The molecule has 0 spiro atoms. The second-order valence-corrected chi connectivity index (χ2v) is 4.57. The van der Waals surface area contributed by atoms with Crippen LogP contribution >= 0.6 is 23.2 Å². The van der Waals surface area contributed by atoms with E-state index < -0.39 is 0 Å². The van der Waals surface area contributed by atoms with Gasteiger partial charge in [-0.1, -0.05) is 29.3 Å². The molecule has 0 aliphatic carbocycles. The van der Waals surface area contributed by atoms with Gasteiger partial charge in [-0.25, -0.2) is 0 Å². The van der Waals surface area contributed by atoms with Crippen LogP contribution in [0.25, 0.3) is 11.1 Å². The Balaban J connectivity index is 2.55. The maximum Gasteiger partial charge on any atom is 0.123 e. The van der Waals surface area contributed by atoms with Crippen LogP contribution in [0.2, 0.25) is 10.0 Å². The molecule has 0 radical (unpaired) electrons. The van der Waals surface area contributed by atoms with Crippen LogP contribution in [0.4, 0.5) is 0 Å². The Hall–Kier alpha value is -1.38. The van der Waals surface area contributed by atoms with Crippen LogP contribution in [0.5, 0.6) is 11.5 Å². The van der Waals surface area contributed by atoms with Crippen molar-refractivity contribution in [2.45, 2.75) is 0 Å². The molecule has 0 unspecified atom stereocenters. The van der Waals surface area contributed by atoms with Crippen molar-refractivity contribution in [1.29, 1.82) is 0 Å². The van der Waals surface area contributed by atoms with Gasteiger partial charge in [0.15, 0.2) is 0 Å². The number of ether oxygens (including phenoxy) is 2. The fourth-order valence-corrected chi connectivity index (χ4v) is 2.20. The molecule has 94 valence electrons. The maximum atomic E-state index is 6.19. The van der Waals surface area contributed by atoms with E-state index >= 15 is 0 Å². The number of rotatable bonds is 3. The lowest BCUT2D eigenvalue weighted by atomic mass is 10.0. The van der Waals surface area contributed by atoms with Crippen LogP contribution in [-0.4, -0.2) is 14.2 Å². The molecule has 0 fully saturated rings. The summed E-state index contributed by atoms with van der Waals surface area (Å²) in [7, 11) is 3.23. The molecular weight excluding hydrogens is 271 g/mol. The molecule has 2 aromatic carbocycles. The highest BCUT2D eigenvalue weighted by atomic mass is 35.5. The smallest absolute Gasteiger partial charge is 0.123 e. The highest BCUT2D eigenvalue weighted by molar-refractivity contribution is 6.36. The normalized spacial score (nSPS) is 10.2. The summed E-state index contributed by atoms with van der Waals surface area (Å²) in [5.41, 5.74) is 1.81. The molecule has 0 heterocycles. The SMILES string of the molecule is COc1cc(OC)cc(-c2ccc(Cl)cc2Cl)c1. The predicted molar refractivity (Wildman–Crippen MR) is 75.0 cm³/mol. The molecule has 0 aliphatic rings. The van der Waals surface area contributed by atoms with E-state index in [2.05, 4.69) is 0 Å². The van der Waals surface area contributed by atoms with E-state index in [4.69, 9.17) is 32.7 Å². The summed E-state index contributed by atoms with van der Waals surface area (Å²) >= 11 is 12.1. The van der Waals surface area contributed by atoms with Gasteiger partial charge in [0.2, 0.25) is 0 Å². The quantitative estimate of drug-likeness (QED) is 0.814. The predicted octanol–water partition coefficient (Wildman–Crippen LogP) is 4.68. The molecule has 0 N–H and O–H groups in total. The first kappa shape index (κ1) is 13.1. The van der Waals surface area contributed by atoms with Crippen molar-refractivity contribution in [3.05, 3.63) is 46.4 Å². The summed E-state index contributed by atoms with van der Waals surface area (Å²) < 4.78 is 10.5. The molecule has 0 amide bonds. The third-order valence-electron chi connectivity index (χ3n) is 2.59. The lowest BCUT2D eigenvalue weighted by Crippen LogP contribution is -1.89. The van der Waals surface area contributed by atoms with Crippen molar-refractivity contribution >= 4 is 23.2 Å². The Morgan fingerprint density at radius 3 is 1.94 bits per heavy atom. The van der Waals surface area contributed by atoms with Crippen molar-refractivity contribution in [2.75, 3.05) is 14.2 Å². The van der Waals surface area contributed by atoms with Crippen molar-refractivity contribution in [2.24, 2.45) is 0 Å². The summed E-state index contributed by atoms with van der Waals surface area (Å²) in [5, 5.41) is 1.21. The van der Waals surface area contributed by atoms with Crippen LogP contribution in [0, 0.1) is 0 Å². The monoisotopic (exact) mass is 282 g/mol. The molecule has 2 aromatic rings. The Labute approximate surface area is 116 Å². The zero-order chi connectivity index (χ0) is 13.1. The largest absolute Gasteiger partial charge is 0.497 e. The third kappa shape index (κ3) is 2.71. The number of hydrogen-bond donors (Lipinski definition) is 0. The van der Waals surface area contributed by atoms with Crippen LogP contribution in [0.1, 0.15) is 0 Å². The van der Waals surface area contributed by atoms with Gasteiger partial charge in [0.1, 0.15) is 11.5 Å². The molecule has 0 aliphatic heterocycles. The average molecular weight is 283 g/mol. The zero-order valence-corrected chi connectivity index (χ0v) is 11.5. The van der Waals surface area contributed by atoms with Crippen molar-refractivity contribution < 1.29 is 9.47 Å². The average Bonchev–Trinajstić information content (AvgIpc) is 2.38. The summed E-state index contributed by atoms with van der Waals surface area (Å²) in [4.78, 5) is 0.